The number of amides is 1. The highest BCUT2D eigenvalue weighted by Crippen LogP contribution is 2.57. The number of nitrogens with one attached hydrogen (secondary N) is 1. The summed E-state index contributed by atoms with van der Waals surface area (Å²) in [6.07, 6.45) is 4.46. The fraction of sp³-hybridized carbons (Fsp3) is 0.290. The van der Waals surface area contributed by atoms with Gasteiger partial charge in [-0.15, -0.1) is 0 Å². The lowest BCUT2D eigenvalue weighted by atomic mass is 9.50. The number of ketones is 1. The predicted octanol–water partition coefficient (Wildman–Crippen LogP) is 6.33. The van der Waals surface area contributed by atoms with Gasteiger partial charge in [0.2, 0.25) is 0 Å². The van der Waals surface area contributed by atoms with E-state index in [2.05, 4.69) is 5.32 Å². The number of hydrogen-bond acceptors (Lipinski definition) is 5. The number of furan rings is 1. The van der Waals surface area contributed by atoms with Gasteiger partial charge in [0.05, 0.1) is 11.3 Å². The van der Waals surface area contributed by atoms with E-state index in [1.807, 2.05) is 6.07 Å². The number of benzene rings is 3. The van der Waals surface area contributed by atoms with Crippen molar-refractivity contribution in [3.05, 3.63) is 83.2 Å². The van der Waals surface area contributed by atoms with Crippen molar-refractivity contribution in [3.63, 3.8) is 0 Å². The van der Waals surface area contributed by atoms with Gasteiger partial charge in [0.1, 0.15) is 17.2 Å². The summed E-state index contributed by atoms with van der Waals surface area (Å²) in [7, 11) is -3.43. The Labute approximate surface area is 226 Å². The van der Waals surface area contributed by atoms with Crippen LogP contribution in [0, 0.1) is 11.7 Å². The Morgan fingerprint density at radius 3 is 2.36 bits per heavy atom. The molecule has 0 spiro atoms. The summed E-state index contributed by atoms with van der Waals surface area (Å²) >= 11 is 0. The van der Waals surface area contributed by atoms with Crippen LogP contribution in [0.25, 0.3) is 33.4 Å². The van der Waals surface area contributed by atoms with E-state index in [-0.39, 0.29) is 29.4 Å². The maximum atomic E-state index is 13.6. The summed E-state index contributed by atoms with van der Waals surface area (Å²) in [5.41, 5.74) is 3.47. The second-order valence-electron chi connectivity index (χ2n) is 11.0. The predicted molar refractivity (Wildman–Crippen MR) is 148 cm³/mol. The third kappa shape index (κ3) is 4.67. The Hall–Kier alpha value is -3.78. The summed E-state index contributed by atoms with van der Waals surface area (Å²) in [5.74, 6) is 0.0886. The normalized spacial score (nSPS) is 19.8. The highest BCUT2D eigenvalue weighted by atomic mass is 32.2. The third-order valence-corrected chi connectivity index (χ3v) is 8.73. The number of hydrogen-bond donors (Lipinski definition) is 1. The van der Waals surface area contributed by atoms with Gasteiger partial charge in [-0.3, -0.25) is 9.59 Å². The molecule has 3 fully saturated rings. The lowest BCUT2D eigenvalue weighted by molar-refractivity contribution is -0.0438. The molecule has 1 aromatic heterocycles. The molecule has 1 amide bonds. The second-order valence-corrected chi connectivity index (χ2v) is 13.1. The Morgan fingerprint density at radius 1 is 1.03 bits per heavy atom. The zero-order chi connectivity index (χ0) is 27.5. The molecule has 0 aliphatic heterocycles. The number of halogens is 1. The SMILES string of the molecule is CCC(=O)c1c(-c2ccc(F)cc2)oc2cc(CS(C)(=O)=O)c(-c3cccc(C(=O)NC45CC(C4)C5)c3)cc12. The van der Waals surface area contributed by atoms with Crippen LogP contribution in [0.1, 0.15) is 58.9 Å². The quantitative estimate of drug-likeness (QED) is 0.261. The zero-order valence-electron chi connectivity index (χ0n) is 21.7. The van der Waals surface area contributed by atoms with Crippen molar-refractivity contribution in [2.45, 2.75) is 43.9 Å². The lowest BCUT2D eigenvalue weighted by Crippen LogP contribution is -2.68. The molecule has 200 valence electrons. The molecule has 39 heavy (non-hydrogen) atoms. The van der Waals surface area contributed by atoms with Gasteiger partial charge >= 0.3 is 0 Å². The van der Waals surface area contributed by atoms with Crippen molar-refractivity contribution in [1.82, 2.24) is 5.32 Å². The fourth-order valence-electron chi connectivity index (χ4n) is 5.89. The van der Waals surface area contributed by atoms with E-state index in [0.29, 0.717) is 50.1 Å². The molecular weight excluding hydrogens is 517 g/mol. The summed E-state index contributed by atoms with van der Waals surface area (Å²) < 4.78 is 44.5. The van der Waals surface area contributed by atoms with Gasteiger partial charge in [0.25, 0.3) is 5.91 Å². The largest absolute Gasteiger partial charge is 0.455 e. The molecule has 3 saturated carbocycles. The van der Waals surface area contributed by atoms with Gasteiger partial charge < -0.3 is 9.73 Å². The Balaban J connectivity index is 1.50. The second kappa shape index (κ2) is 9.16. The van der Waals surface area contributed by atoms with Crippen LogP contribution in [0.4, 0.5) is 4.39 Å². The lowest BCUT2D eigenvalue weighted by Gasteiger charge is -2.61. The monoisotopic (exact) mass is 545 g/mol. The molecule has 3 aliphatic rings. The van der Waals surface area contributed by atoms with Crippen LogP contribution >= 0.6 is 0 Å². The molecule has 1 N–H and O–H groups in total. The topological polar surface area (TPSA) is 93.4 Å². The van der Waals surface area contributed by atoms with Crippen molar-refractivity contribution in [1.29, 1.82) is 0 Å². The smallest absolute Gasteiger partial charge is 0.251 e. The number of sulfone groups is 1. The summed E-state index contributed by atoms with van der Waals surface area (Å²) in [5, 5.41) is 3.71. The zero-order valence-corrected chi connectivity index (χ0v) is 22.5. The summed E-state index contributed by atoms with van der Waals surface area (Å²) in [4.78, 5) is 26.2. The molecule has 0 saturated heterocycles. The van der Waals surface area contributed by atoms with Crippen LogP contribution in [-0.2, 0) is 15.6 Å². The summed E-state index contributed by atoms with van der Waals surface area (Å²) in [6.45, 7) is 1.75. The number of carbonyl (C=O) groups excluding carboxylic acids is 2. The van der Waals surface area contributed by atoms with Gasteiger partial charge in [0.15, 0.2) is 15.6 Å². The first-order valence-electron chi connectivity index (χ1n) is 13.0. The first-order chi connectivity index (χ1) is 18.5. The molecule has 7 rings (SSSR count). The van der Waals surface area contributed by atoms with Crippen LogP contribution in [0.3, 0.4) is 0 Å². The first kappa shape index (κ1) is 25.5. The Morgan fingerprint density at radius 2 is 1.74 bits per heavy atom. The standard InChI is InChI=1S/C31H28FNO5S/c1-3-26(34)28-25-13-24(20-5-4-6-21(11-20)30(35)33-31-14-18(15-31)16-31)22(17-39(2,36)37)12-27(25)38-29(28)19-7-9-23(32)10-8-19/h4-13,18H,3,14-17H2,1-2H3,(H,33,35). The van der Waals surface area contributed by atoms with Crippen LogP contribution in [0.5, 0.6) is 0 Å². The fourth-order valence-corrected chi connectivity index (χ4v) is 6.69. The van der Waals surface area contributed by atoms with E-state index in [1.165, 1.54) is 12.1 Å². The summed E-state index contributed by atoms with van der Waals surface area (Å²) in [6, 6.07) is 16.2. The number of Topliss-reactive ketones (excluding diaryl/α,β-unsaturated/α-hetero) is 1. The van der Waals surface area contributed by atoms with E-state index in [0.717, 1.165) is 31.4 Å². The van der Waals surface area contributed by atoms with Gasteiger partial charge in [-0.25, -0.2) is 12.8 Å². The number of carbonyl (C=O) groups is 2. The van der Waals surface area contributed by atoms with Gasteiger partial charge in [-0.1, -0.05) is 19.1 Å². The molecule has 1 heterocycles. The van der Waals surface area contributed by atoms with Crippen molar-refractivity contribution in [3.8, 4) is 22.5 Å². The minimum Gasteiger partial charge on any atom is -0.455 e. The highest BCUT2D eigenvalue weighted by Gasteiger charge is 2.57. The number of rotatable bonds is 8. The van der Waals surface area contributed by atoms with E-state index >= 15 is 0 Å². The Kier molecular flexibility index (Phi) is 5.99. The average molecular weight is 546 g/mol. The van der Waals surface area contributed by atoms with Crippen molar-refractivity contribution in [2.24, 2.45) is 5.92 Å². The van der Waals surface area contributed by atoms with E-state index < -0.39 is 15.7 Å². The average Bonchev–Trinajstić information content (AvgIpc) is 3.22. The van der Waals surface area contributed by atoms with E-state index in [4.69, 9.17) is 4.42 Å². The number of fused-ring (bicyclic) bond motifs is 1. The van der Waals surface area contributed by atoms with E-state index in [9.17, 15) is 22.4 Å². The molecule has 0 atom stereocenters. The van der Waals surface area contributed by atoms with Crippen molar-refractivity contribution < 1.29 is 26.8 Å². The third-order valence-electron chi connectivity index (χ3n) is 7.89. The molecule has 2 bridgehead atoms. The molecule has 3 aliphatic carbocycles. The molecule has 0 unspecified atom stereocenters. The molecule has 8 heteroatoms. The van der Waals surface area contributed by atoms with Gasteiger partial charge in [-0.2, -0.15) is 0 Å². The molecular formula is C31H28FNO5S. The van der Waals surface area contributed by atoms with Crippen LogP contribution in [0.15, 0.2) is 65.1 Å². The van der Waals surface area contributed by atoms with Gasteiger partial charge in [0, 0.05) is 34.7 Å². The highest BCUT2D eigenvalue weighted by molar-refractivity contribution is 7.89. The van der Waals surface area contributed by atoms with Crippen molar-refractivity contribution >= 4 is 32.5 Å². The minimum atomic E-state index is -3.43. The van der Waals surface area contributed by atoms with Gasteiger partial charge in [-0.05, 0) is 90.4 Å². The first-order valence-corrected chi connectivity index (χ1v) is 15.1. The Bertz CT molecular complexity index is 1740. The molecule has 0 radical (unpaired) electrons. The van der Waals surface area contributed by atoms with E-state index in [1.54, 1.807) is 49.4 Å². The molecule has 4 aromatic rings. The molecule has 3 aromatic carbocycles. The van der Waals surface area contributed by atoms with Crippen LogP contribution in [0.2, 0.25) is 0 Å². The minimum absolute atomic E-state index is 0.0684. The maximum Gasteiger partial charge on any atom is 0.251 e. The maximum absolute atomic E-state index is 13.6. The molecule has 6 nitrogen and oxygen atoms in total. The van der Waals surface area contributed by atoms with Crippen LogP contribution < -0.4 is 5.32 Å². The van der Waals surface area contributed by atoms with Crippen LogP contribution in [-0.4, -0.2) is 31.9 Å². The van der Waals surface area contributed by atoms with Crippen molar-refractivity contribution in [2.75, 3.05) is 6.26 Å².